The normalized spacial score (nSPS) is 10.8. The molecule has 16 heavy (non-hydrogen) atoms. The highest BCUT2D eigenvalue weighted by atomic mass is 35.5. The summed E-state index contributed by atoms with van der Waals surface area (Å²) in [5.41, 5.74) is 2.74. The summed E-state index contributed by atoms with van der Waals surface area (Å²) in [5, 5.41) is 8.44. The Hall–Kier alpha value is -1.87. The van der Waals surface area contributed by atoms with Gasteiger partial charge >= 0.3 is 0 Å². The zero-order valence-electron chi connectivity index (χ0n) is 8.34. The molecule has 0 spiro atoms. The van der Waals surface area contributed by atoms with Crippen LogP contribution in [0.2, 0.25) is 5.02 Å². The van der Waals surface area contributed by atoms with Crippen molar-refractivity contribution in [2.45, 2.75) is 0 Å². The largest absolute Gasteiger partial charge is 0.288 e. The van der Waals surface area contributed by atoms with E-state index in [0.29, 0.717) is 10.7 Å². The first-order chi connectivity index (χ1) is 7.86. The fourth-order valence-corrected chi connectivity index (χ4v) is 2.01. The third kappa shape index (κ3) is 1.37. The summed E-state index contributed by atoms with van der Waals surface area (Å²) >= 11 is 6.29. The second-order valence-corrected chi connectivity index (χ2v) is 3.85. The van der Waals surface area contributed by atoms with E-state index in [0.717, 1.165) is 11.1 Å². The van der Waals surface area contributed by atoms with Gasteiger partial charge in [0.1, 0.15) is 6.33 Å². The molecule has 0 unspecified atom stereocenters. The Morgan fingerprint density at radius 3 is 2.69 bits per heavy atom. The fraction of sp³-hybridized carbons (Fsp3) is 0. The van der Waals surface area contributed by atoms with Gasteiger partial charge in [-0.15, -0.1) is 10.2 Å². The van der Waals surface area contributed by atoms with E-state index in [4.69, 9.17) is 11.6 Å². The molecule has 3 aromatic rings. The number of nitrogens with zero attached hydrogens (tertiary/aromatic N) is 3. The number of halogens is 1. The van der Waals surface area contributed by atoms with Crippen LogP contribution in [0.15, 0.2) is 48.9 Å². The minimum atomic E-state index is 0.631. The predicted molar refractivity (Wildman–Crippen MR) is 63.4 cm³/mol. The van der Waals surface area contributed by atoms with Crippen molar-refractivity contribution in [1.82, 2.24) is 14.6 Å². The van der Waals surface area contributed by atoms with Crippen molar-refractivity contribution in [2.24, 2.45) is 0 Å². The molecule has 4 heteroatoms. The van der Waals surface area contributed by atoms with Crippen molar-refractivity contribution >= 4 is 17.2 Å². The van der Waals surface area contributed by atoms with Crippen LogP contribution in [0.4, 0.5) is 0 Å². The Morgan fingerprint density at radius 2 is 1.88 bits per heavy atom. The zero-order valence-corrected chi connectivity index (χ0v) is 9.09. The molecule has 0 bridgehead atoms. The van der Waals surface area contributed by atoms with Gasteiger partial charge in [0, 0.05) is 11.8 Å². The molecule has 78 valence electrons. The van der Waals surface area contributed by atoms with Gasteiger partial charge in [-0.25, -0.2) is 0 Å². The summed E-state index contributed by atoms with van der Waals surface area (Å²) < 4.78 is 1.80. The van der Waals surface area contributed by atoms with E-state index in [9.17, 15) is 0 Å². The number of pyridine rings is 1. The SMILES string of the molecule is Clc1c(-c2ccccc2)ccn2cnnc12. The summed E-state index contributed by atoms with van der Waals surface area (Å²) in [6.07, 6.45) is 3.54. The fourth-order valence-electron chi connectivity index (χ4n) is 1.70. The Balaban J connectivity index is 2.28. The van der Waals surface area contributed by atoms with Gasteiger partial charge in [-0.05, 0) is 11.6 Å². The quantitative estimate of drug-likeness (QED) is 0.642. The molecule has 0 aliphatic carbocycles. The highest BCUT2D eigenvalue weighted by molar-refractivity contribution is 6.36. The third-order valence-corrected chi connectivity index (χ3v) is 2.87. The molecule has 0 saturated heterocycles. The van der Waals surface area contributed by atoms with Crippen LogP contribution in [-0.4, -0.2) is 14.6 Å². The summed E-state index contributed by atoms with van der Waals surface area (Å²) in [7, 11) is 0. The van der Waals surface area contributed by atoms with Gasteiger partial charge < -0.3 is 0 Å². The van der Waals surface area contributed by atoms with Gasteiger partial charge in [0.05, 0.1) is 5.02 Å². The number of hydrogen-bond acceptors (Lipinski definition) is 2. The smallest absolute Gasteiger partial charge is 0.180 e. The minimum absolute atomic E-state index is 0.631. The molecule has 0 amide bonds. The van der Waals surface area contributed by atoms with Crippen molar-refractivity contribution in [3.63, 3.8) is 0 Å². The van der Waals surface area contributed by atoms with Crippen molar-refractivity contribution in [2.75, 3.05) is 0 Å². The summed E-state index contributed by atoms with van der Waals surface area (Å²) in [6, 6.07) is 12.0. The molecule has 1 aromatic carbocycles. The van der Waals surface area contributed by atoms with Crippen LogP contribution in [0.3, 0.4) is 0 Å². The van der Waals surface area contributed by atoms with Crippen molar-refractivity contribution in [3.8, 4) is 11.1 Å². The number of rotatable bonds is 1. The Morgan fingerprint density at radius 1 is 1.06 bits per heavy atom. The average Bonchev–Trinajstić information content (AvgIpc) is 2.80. The highest BCUT2D eigenvalue weighted by Gasteiger charge is 2.08. The van der Waals surface area contributed by atoms with Crippen LogP contribution >= 0.6 is 11.6 Å². The van der Waals surface area contributed by atoms with Crippen LogP contribution in [0.5, 0.6) is 0 Å². The topological polar surface area (TPSA) is 30.2 Å². The lowest BCUT2D eigenvalue weighted by Crippen LogP contribution is -1.87. The second-order valence-electron chi connectivity index (χ2n) is 3.47. The van der Waals surface area contributed by atoms with Crippen LogP contribution in [-0.2, 0) is 0 Å². The molecule has 2 aromatic heterocycles. The van der Waals surface area contributed by atoms with Gasteiger partial charge in [0.15, 0.2) is 5.65 Å². The second kappa shape index (κ2) is 3.61. The Labute approximate surface area is 97.3 Å². The lowest BCUT2D eigenvalue weighted by Gasteiger charge is -2.04. The summed E-state index contributed by atoms with van der Waals surface area (Å²) in [4.78, 5) is 0. The number of hydrogen-bond donors (Lipinski definition) is 0. The number of aromatic nitrogens is 3. The van der Waals surface area contributed by atoms with Crippen LogP contribution in [0.1, 0.15) is 0 Å². The first-order valence-electron chi connectivity index (χ1n) is 4.89. The van der Waals surface area contributed by atoms with Crippen molar-refractivity contribution in [3.05, 3.63) is 53.9 Å². The Kier molecular flexibility index (Phi) is 2.11. The lowest BCUT2D eigenvalue weighted by molar-refractivity contribution is 1.10. The first kappa shape index (κ1) is 9.36. The van der Waals surface area contributed by atoms with Gasteiger partial charge in [-0.1, -0.05) is 41.9 Å². The molecule has 0 aliphatic heterocycles. The van der Waals surface area contributed by atoms with Gasteiger partial charge in [-0.3, -0.25) is 4.40 Å². The van der Waals surface area contributed by atoms with Gasteiger partial charge in [0.25, 0.3) is 0 Å². The molecule has 0 atom stereocenters. The molecule has 3 rings (SSSR count). The molecular formula is C12H8ClN3. The standard InChI is InChI=1S/C12H8ClN3/c13-11-10(9-4-2-1-3-5-9)6-7-16-8-14-15-12(11)16/h1-8H. The third-order valence-electron chi connectivity index (χ3n) is 2.49. The van der Waals surface area contributed by atoms with Crippen molar-refractivity contribution < 1.29 is 0 Å². The Bertz CT molecular complexity index is 631. The maximum atomic E-state index is 6.29. The monoisotopic (exact) mass is 229 g/mol. The van der Waals surface area contributed by atoms with Crippen LogP contribution in [0, 0.1) is 0 Å². The maximum Gasteiger partial charge on any atom is 0.180 e. The van der Waals surface area contributed by atoms with E-state index in [1.165, 1.54) is 0 Å². The molecule has 0 fully saturated rings. The van der Waals surface area contributed by atoms with E-state index < -0.39 is 0 Å². The minimum Gasteiger partial charge on any atom is -0.288 e. The van der Waals surface area contributed by atoms with Gasteiger partial charge in [0.2, 0.25) is 0 Å². The van der Waals surface area contributed by atoms with E-state index in [-0.39, 0.29) is 0 Å². The van der Waals surface area contributed by atoms with Gasteiger partial charge in [-0.2, -0.15) is 0 Å². The number of fused-ring (bicyclic) bond motifs is 1. The molecule has 3 nitrogen and oxygen atoms in total. The maximum absolute atomic E-state index is 6.29. The van der Waals surface area contributed by atoms with E-state index >= 15 is 0 Å². The summed E-state index contributed by atoms with van der Waals surface area (Å²) in [6.45, 7) is 0. The van der Waals surface area contributed by atoms with E-state index in [1.54, 1.807) is 10.7 Å². The highest BCUT2D eigenvalue weighted by Crippen LogP contribution is 2.29. The molecule has 2 heterocycles. The van der Waals surface area contributed by atoms with Crippen molar-refractivity contribution in [1.29, 1.82) is 0 Å². The molecule has 0 saturated carbocycles. The van der Waals surface area contributed by atoms with E-state index in [1.807, 2.05) is 42.6 Å². The molecule has 0 N–H and O–H groups in total. The predicted octanol–water partition coefficient (Wildman–Crippen LogP) is 3.05. The number of benzene rings is 1. The molecular weight excluding hydrogens is 222 g/mol. The van der Waals surface area contributed by atoms with E-state index in [2.05, 4.69) is 10.2 Å². The molecule has 0 radical (unpaired) electrons. The lowest BCUT2D eigenvalue weighted by atomic mass is 10.1. The average molecular weight is 230 g/mol. The zero-order chi connectivity index (χ0) is 11.0. The van der Waals surface area contributed by atoms with Crippen LogP contribution in [0.25, 0.3) is 16.8 Å². The molecule has 0 aliphatic rings. The summed E-state index contributed by atoms with van der Waals surface area (Å²) in [5.74, 6) is 0. The van der Waals surface area contributed by atoms with Crippen LogP contribution < -0.4 is 0 Å². The first-order valence-corrected chi connectivity index (χ1v) is 5.27.